The zero-order valence-corrected chi connectivity index (χ0v) is 19.3. The third kappa shape index (κ3) is 4.75. The molecule has 0 saturated carbocycles. The maximum absolute atomic E-state index is 11.1. The van der Waals surface area contributed by atoms with Crippen molar-refractivity contribution in [2.45, 2.75) is 32.1 Å². The van der Waals surface area contributed by atoms with Gasteiger partial charge in [0.05, 0.1) is 35.6 Å². The second kappa shape index (κ2) is 8.84. The SMILES string of the molecule is Cc1ccc(C#N)cc1Nc1nccc(-c2cc(C#N)c3c(c2)[C@](C)(COS(=O)(=O)O)CC3)n1. The van der Waals surface area contributed by atoms with Crippen molar-refractivity contribution in [1.29, 1.82) is 10.5 Å². The number of aryl methyl sites for hydroxylation is 1. The lowest BCUT2D eigenvalue weighted by Gasteiger charge is -2.25. The van der Waals surface area contributed by atoms with Gasteiger partial charge in [0.15, 0.2) is 0 Å². The molecular weight excluding hydrogens is 454 g/mol. The fourth-order valence-corrected chi connectivity index (χ4v) is 4.55. The molecule has 34 heavy (non-hydrogen) atoms. The molecule has 172 valence electrons. The van der Waals surface area contributed by atoms with Crippen LogP contribution in [0.4, 0.5) is 11.6 Å². The van der Waals surface area contributed by atoms with Gasteiger partial charge in [0.25, 0.3) is 0 Å². The summed E-state index contributed by atoms with van der Waals surface area (Å²) in [6.45, 7) is 3.51. The van der Waals surface area contributed by atoms with Gasteiger partial charge in [-0.05, 0) is 66.8 Å². The first-order valence-corrected chi connectivity index (χ1v) is 11.8. The van der Waals surface area contributed by atoms with Crippen molar-refractivity contribution in [1.82, 2.24) is 9.97 Å². The largest absolute Gasteiger partial charge is 0.397 e. The molecule has 2 aromatic carbocycles. The van der Waals surface area contributed by atoms with Gasteiger partial charge < -0.3 is 5.32 Å². The number of fused-ring (bicyclic) bond motifs is 1. The van der Waals surface area contributed by atoms with Crippen molar-refractivity contribution in [3.63, 3.8) is 0 Å². The average molecular weight is 476 g/mol. The third-order valence-corrected chi connectivity index (χ3v) is 6.45. The van der Waals surface area contributed by atoms with Crippen LogP contribution < -0.4 is 5.32 Å². The molecule has 0 unspecified atom stereocenters. The summed E-state index contributed by atoms with van der Waals surface area (Å²) in [5.74, 6) is 0.326. The Morgan fingerprint density at radius 2 is 2.00 bits per heavy atom. The first kappa shape index (κ1) is 23.3. The van der Waals surface area contributed by atoms with E-state index in [0.29, 0.717) is 46.9 Å². The summed E-state index contributed by atoms with van der Waals surface area (Å²) in [7, 11) is -4.59. The molecular formula is C24H21N5O4S. The number of hydrogen-bond donors (Lipinski definition) is 2. The Kier molecular flexibility index (Phi) is 6.07. The lowest BCUT2D eigenvalue weighted by Crippen LogP contribution is -2.27. The van der Waals surface area contributed by atoms with Crippen LogP contribution in [0.25, 0.3) is 11.3 Å². The minimum atomic E-state index is -4.59. The Labute approximate surface area is 197 Å². The number of nitrogens with one attached hydrogen (secondary N) is 1. The van der Waals surface area contributed by atoms with Gasteiger partial charge in [-0.2, -0.15) is 18.9 Å². The van der Waals surface area contributed by atoms with Crippen LogP contribution in [0.2, 0.25) is 0 Å². The van der Waals surface area contributed by atoms with E-state index >= 15 is 0 Å². The van der Waals surface area contributed by atoms with E-state index in [-0.39, 0.29) is 6.61 Å². The summed E-state index contributed by atoms with van der Waals surface area (Å²) in [5.41, 5.74) is 4.78. The fourth-order valence-electron chi connectivity index (χ4n) is 4.14. The first-order valence-electron chi connectivity index (χ1n) is 10.4. The molecule has 0 fully saturated rings. The van der Waals surface area contributed by atoms with Crippen molar-refractivity contribution in [3.8, 4) is 23.4 Å². The Morgan fingerprint density at radius 3 is 2.71 bits per heavy atom. The molecule has 1 aliphatic rings. The molecule has 4 rings (SSSR count). The van der Waals surface area contributed by atoms with Crippen molar-refractivity contribution >= 4 is 22.0 Å². The average Bonchev–Trinajstić information content (AvgIpc) is 3.15. The second-order valence-corrected chi connectivity index (χ2v) is 9.54. The van der Waals surface area contributed by atoms with Crippen LogP contribution in [-0.2, 0) is 26.4 Å². The molecule has 1 heterocycles. The number of nitriles is 2. The number of aromatic nitrogens is 2. The zero-order valence-electron chi connectivity index (χ0n) is 18.5. The van der Waals surface area contributed by atoms with Crippen molar-refractivity contribution in [2.75, 3.05) is 11.9 Å². The molecule has 2 N–H and O–H groups in total. The molecule has 0 spiro atoms. The summed E-state index contributed by atoms with van der Waals surface area (Å²) < 4.78 is 36.0. The summed E-state index contributed by atoms with van der Waals surface area (Å²) in [5, 5.41) is 22.1. The lowest BCUT2D eigenvalue weighted by atomic mass is 9.83. The molecule has 1 aliphatic carbocycles. The van der Waals surface area contributed by atoms with Crippen LogP contribution in [0.5, 0.6) is 0 Å². The number of benzene rings is 2. The van der Waals surface area contributed by atoms with Crippen LogP contribution in [0.15, 0.2) is 42.6 Å². The molecule has 9 nitrogen and oxygen atoms in total. The van der Waals surface area contributed by atoms with E-state index in [1.54, 1.807) is 30.5 Å². The van der Waals surface area contributed by atoms with E-state index in [0.717, 1.165) is 16.7 Å². The first-order chi connectivity index (χ1) is 16.1. The highest BCUT2D eigenvalue weighted by Gasteiger charge is 2.37. The van der Waals surface area contributed by atoms with Gasteiger partial charge in [-0.25, -0.2) is 14.2 Å². The van der Waals surface area contributed by atoms with Crippen LogP contribution in [0.3, 0.4) is 0 Å². The van der Waals surface area contributed by atoms with Gasteiger partial charge in [-0.3, -0.25) is 4.55 Å². The molecule has 0 bridgehead atoms. The number of nitrogens with zero attached hydrogens (tertiary/aromatic N) is 4. The van der Waals surface area contributed by atoms with Gasteiger partial charge in [-0.1, -0.05) is 13.0 Å². The molecule has 1 atom stereocenters. The molecule has 10 heteroatoms. The summed E-state index contributed by atoms with van der Waals surface area (Å²) in [6, 6.07) is 15.0. The predicted octanol–water partition coefficient (Wildman–Crippen LogP) is 3.96. The smallest absolute Gasteiger partial charge is 0.324 e. The Hall–Kier alpha value is -3.83. The van der Waals surface area contributed by atoms with E-state index in [1.807, 2.05) is 26.0 Å². The van der Waals surface area contributed by atoms with E-state index in [1.165, 1.54) is 0 Å². The normalized spacial score (nSPS) is 17.0. The molecule has 3 aromatic rings. The highest BCUT2D eigenvalue weighted by Crippen LogP contribution is 2.42. The molecule has 0 amide bonds. The molecule has 1 aromatic heterocycles. The fraction of sp³-hybridized carbons (Fsp3) is 0.250. The van der Waals surface area contributed by atoms with Gasteiger partial charge in [0.2, 0.25) is 5.95 Å². The maximum Gasteiger partial charge on any atom is 0.397 e. The highest BCUT2D eigenvalue weighted by molar-refractivity contribution is 7.80. The number of hydrogen-bond acceptors (Lipinski definition) is 8. The minimum Gasteiger partial charge on any atom is -0.324 e. The predicted molar refractivity (Wildman–Crippen MR) is 125 cm³/mol. The standard InChI is InChI=1S/C24H21N5O4S/c1-15-3-4-16(12-25)9-22(15)29-23-27-8-6-21(28-23)17-10-18(13-26)19-5-7-24(2,20(19)11-17)14-33-34(30,31)32/h3-4,6,8-11H,5,7,14H2,1-2H3,(H,27,28,29)(H,30,31,32)/t24-/m0/s1. The van der Waals surface area contributed by atoms with Crippen molar-refractivity contribution < 1.29 is 17.2 Å². The Morgan fingerprint density at radius 1 is 1.21 bits per heavy atom. The number of anilines is 2. The summed E-state index contributed by atoms with van der Waals surface area (Å²) in [4.78, 5) is 8.86. The van der Waals surface area contributed by atoms with E-state index < -0.39 is 15.8 Å². The molecule has 0 saturated heterocycles. The van der Waals surface area contributed by atoms with Gasteiger partial charge in [-0.15, -0.1) is 0 Å². The van der Waals surface area contributed by atoms with Gasteiger partial charge in [0, 0.05) is 22.9 Å². The third-order valence-electron chi connectivity index (χ3n) is 6.04. The second-order valence-electron chi connectivity index (χ2n) is 8.44. The summed E-state index contributed by atoms with van der Waals surface area (Å²) >= 11 is 0. The minimum absolute atomic E-state index is 0.238. The zero-order chi connectivity index (χ0) is 24.5. The van der Waals surface area contributed by atoms with E-state index in [9.17, 15) is 18.9 Å². The van der Waals surface area contributed by atoms with Crippen LogP contribution in [0.1, 0.15) is 41.2 Å². The van der Waals surface area contributed by atoms with Crippen LogP contribution >= 0.6 is 0 Å². The quantitative estimate of drug-likeness (QED) is 0.505. The van der Waals surface area contributed by atoms with Crippen molar-refractivity contribution in [3.05, 3.63) is 70.4 Å². The van der Waals surface area contributed by atoms with Crippen LogP contribution in [0, 0.1) is 29.6 Å². The Balaban J connectivity index is 1.72. The Bertz CT molecular complexity index is 1470. The highest BCUT2D eigenvalue weighted by atomic mass is 32.3. The monoisotopic (exact) mass is 475 g/mol. The van der Waals surface area contributed by atoms with E-state index in [4.69, 9.17) is 8.74 Å². The van der Waals surface area contributed by atoms with Gasteiger partial charge in [0.1, 0.15) is 0 Å². The molecule has 0 aliphatic heterocycles. The van der Waals surface area contributed by atoms with E-state index in [2.05, 4.69) is 27.4 Å². The topological polar surface area (TPSA) is 149 Å². The number of rotatable bonds is 6. The molecule has 0 radical (unpaired) electrons. The maximum atomic E-state index is 11.1. The van der Waals surface area contributed by atoms with Crippen molar-refractivity contribution in [2.24, 2.45) is 0 Å². The lowest BCUT2D eigenvalue weighted by molar-refractivity contribution is 0.205. The summed E-state index contributed by atoms with van der Waals surface area (Å²) in [6.07, 6.45) is 2.75. The van der Waals surface area contributed by atoms with Crippen LogP contribution in [-0.4, -0.2) is 29.5 Å². The van der Waals surface area contributed by atoms with Gasteiger partial charge >= 0.3 is 10.4 Å².